The molecule has 12 heteroatoms. The number of ether oxygens (including phenoxy) is 4. The first kappa shape index (κ1) is 32.2. The summed E-state index contributed by atoms with van der Waals surface area (Å²) in [4.78, 5) is 32.5. The van der Waals surface area contributed by atoms with Crippen LogP contribution >= 0.6 is 0 Å². The number of fused-ring (bicyclic) bond motifs is 8. The summed E-state index contributed by atoms with van der Waals surface area (Å²) < 4.78 is 24.2. The first-order valence-electron chi connectivity index (χ1n) is 19.8. The van der Waals surface area contributed by atoms with Gasteiger partial charge in [-0.1, -0.05) is 19.9 Å². The number of epoxide rings is 1. The molecule has 2 aromatic carbocycles. The van der Waals surface area contributed by atoms with Crippen molar-refractivity contribution in [3.8, 4) is 11.5 Å². The summed E-state index contributed by atoms with van der Waals surface area (Å²) >= 11 is 0. The lowest BCUT2D eigenvalue weighted by Crippen LogP contribution is -2.69. The molecule has 12 rings (SSSR count). The topological polar surface area (TPSA) is 145 Å². The van der Waals surface area contributed by atoms with E-state index in [0.717, 1.165) is 84.1 Å². The maximum Gasteiger partial charge on any atom is 0.335 e. The maximum atomic E-state index is 13.7. The molecule has 0 aromatic heterocycles. The highest BCUT2D eigenvalue weighted by Gasteiger charge is 2.76. The third kappa shape index (κ3) is 3.29. The molecule has 0 saturated carbocycles. The van der Waals surface area contributed by atoms with Crippen LogP contribution in [-0.4, -0.2) is 102 Å². The predicted octanol–water partition coefficient (Wildman–Crippen LogP) is 3.98. The fourth-order valence-electron chi connectivity index (χ4n) is 14.4. The van der Waals surface area contributed by atoms with Crippen molar-refractivity contribution < 1.29 is 38.7 Å². The van der Waals surface area contributed by atoms with E-state index in [-0.39, 0.29) is 47.5 Å². The molecule has 54 heavy (non-hydrogen) atoms. The van der Waals surface area contributed by atoms with Crippen molar-refractivity contribution in [1.82, 2.24) is 9.80 Å². The van der Waals surface area contributed by atoms with Crippen molar-refractivity contribution in [2.75, 3.05) is 44.5 Å². The monoisotopic (exact) mass is 734 g/mol. The quantitative estimate of drug-likeness (QED) is 0.267. The minimum atomic E-state index is -0.882. The van der Waals surface area contributed by atoms with E-state index in [1.54, 1.807) is 12.1 Å². The van der Waals surface area contributed by atoms with E-state index in [1.807, 2.05) is 6.07 Å². The molecule has 5 fully saturated rings. The van der Waals surface area contributed by atoms with Crippen LogP contribution in [0.1, 0.15) is 75.1 Å². The number of phenols is 1. The van der Waals surface area contributed by atoms with Gasteiger partial charge in [-0.3, -0.25) is 9.80 Å². The lowest BCUT2D eigenvalue weighted by Gasteiger charge is -2.60. The molecule has 0 amide bonds. The molecule has 8 heterocycles. The molecule has 0 unspecified atom stereocenters. The molecule has 2 aliphatic carbocycles. The van der Waals surface area contributed by atoms with Crippen LogP contribution in [0, 0.1) is 10.8 Å². The van der Waals surface area contributed by atoms with Gasteiger partial charge in [0.05, 0.1) is 54.4 Å². The van der Waals surface area contributed by atoms with E-state index in [0.29, 0.717) is 24.8 Å². The number of aliphatic hydroxyl groups excluding tert-OH is 1. The van der Waals surface area contributed by atoms with E-state index < -0.39 is 34.4 Å². The number of carbonyl (C=O) groups is 2. The lowest BCUT2D eigenvalue weighted by molar-refractivity contribution is -0.168. The van der Waals surface area contributed by atoms with E-state index in [2.05, 4.69) is 46.4 Å². The summed E-state index contributed by atoms with van der Waals surface area (Å²) in [5.74, 6) is 0.231. The van der Waals surface area contributed by atoms with Crippen LogP contribution in [0.25, 0.3) is 0 Å². The summed E-state index contributed by atoms with van der Waals surface area (Å²) in [5, 5.41) is 30.8. The molecule has 11 atom stereocenters. The lowest BCUT2D eigenvalue weighted by atomic mass is 9.51. The van der Waals surface area contributed by atoms with Crippen molar-refractivity contribution in [2.45, 2.75) is 106 Å². The molecule has 0 bridgehead atoms. The number of carbonyl (C=O) groups excluding carboxylic acids is 2. The summed E-state index contributed by atoms with van der Waals surface area (Å²) in [6, 6.07) is 9.73. The molecule has 12 nitrogen and oxygen atoms in total. The van der Waals surface area contributed by atoms with E-state index >= 15 is 0 Å². The van der Waals surface area contributed by atoms with Gasteiger partial charge in [0.1, 0.15) is 23.7 Å². The number of piperidine rings is 2. The van der Waals surface area contributed by atoms with Crippen molar-refractivity contribution in [1.29, 1.82) is 0 Å². The van der Waals surface area contributed by atoms with Crippen LogP contribution < -0.4 is 15.4 Å². The predicted molar refractivity (Wildman–Crippen MR) is 195 cm³/mol. The second-order valence-electron chi connectivity index (χ2n) is 17.7. The van der Waals surface area contributed by atoms with Crippen LogP contribution in [0.2, 0.25) is 0 Å². The van der Waals surface area contributed by atoms with Crippen molar-refractivity contribution >= 4 is 23.3 Å². The molecule has 0 radical (unpaired) electrons. The third-order valence-electron chi connectivity index (χ3n) is 16.3. The summed E-state index contributed by atoms with van der Waals surface area (Å²) in [7, 11) is 2.89. The Morgan fingerprint density at radius 3 is 2.26 bits per heavy atom. The van der Waals surface area contributed by atoms with Gasteiger partial charge in [0, 0.05) is 76.5 Å². The first-order chi connectivity index (χ1) is 26.1. The van der Waals surface area contributed by atoms with Crippen LogP contribution in [0.15, 0.2) is 52.9 Å². The highest BCUT2D eigenvalue weighted by atomic mass is 16.6. The van der Waals surface area contributed by atoms with Gasteiger partial charge in [-0.15, -0.1) is 0 Å². The standard InChI is InChI=1S/C42H46N4O8/c1-5-39-16-21(35(49)51-3)31-41(23-8-7-19(47)13-25(23)43-31)10-12-46(38(39)41)29-20-14-24-26(15-27(20)53-30(29)33(39)48)44-32-22(36(50)52-4)17-40(6-2)34-28(54-34)18-45-11-9-42(24,32)37(40)45/h7-8,13-15,28-30,33-34,37-38,43-44,47-48H,5-6,9-12,16-18H2,1-4H3/t28-,29-,30+,33-,34-,37+,38+,39-,40-,41+,42+/m1/s1. The molecule has 8 aliphatic heterocycles. The second kappa shape index (κ2) is 10.0. The van der Waals surface area contributed by atoms with E-state index in [9.17, 15) is 19.8 Å². The molecule has 4 N–H and O–H groups in total. The highest BCUT2D eigenvalue weighted by Crippen LogP contribution is 2.72. The Hall–Kier alpha value is -4.10. The average molecular weight is 735 g/mol. The van der Waals surface area contributed by atoms with E-state index in [4.69, 9.17) is 18.9 Å². The van der Waals surface area contributed by atoms with Crippen molar-refractivity contribution in [3.63, 3.8) is 0 Å². The van der Waals surface area contributed by atoms with Gasteiger partial charge >= 0.3 is 11.9 Å². The SMILES string of the molecule is CC[C@@]12CC(C(=O)OC)=C3Nc4cc5c(cc4[C@@]34CCN(C[C@H]3O[C@H]31)[C@@H]24)[C@@H]1[C@H](O5)[C@@H](O)[C@@]2(CC)CC(C(=O)OC)=C3Nc4cc(O)ccc4[C@@]34CCN1[C@@H]24. The zero-order chi connectivity index (χ0) is 36.8. The molecule has 5 saturated heterocycles. The molecular formula is C42H46N4O8. The number of anilines is 2. The number of aromatic hydroxyl groups is 1. The number of aliphatic hydroxyl groups is 1. The number of benzene rings is 2. The number of hydrogen-bond donors (Lipinski definition) is 4. The largest absolute Gasteiger partial charge is 0.508 e. The van der Waals surface area contributed by atoms with Gasteiger partial charge in [0.25, 0.3) is 0 Å². The second-order valence-corrected chi connectivity index (χ2v) is 17.7. The van der Waals surface area contributed by atoms with Crippen molar-refractivity contribution in [3.05, 3.63) is 69.6 Å². The number of rotatable bonds is 4. The Morgan fingerprint density at radius 1 is 0.889 bits per heavy atom. The Balaban J connectivity index is 1.05. The van der Waals surface area contributed by atoms with Gasteiger partial charge in [-0.05, 0) is 68.3 Å². The number of hydrogen-bond acceptors (Lipinski definition) is 12. The van der Waals surface area contributed by atoms with Gasteiger partial charge in [-0.2, -0.15) is 0 Å². The minimum Gasteiger partial charge on any atom is -0.508 e. The summed E-state index contributed by atoms with van der Waals surface area (Å²) in [6.45, 7) is 6.93. The zero-order valence-corrected chi connectivity index (χ0v) is 31.0. The van der Waals surface area contributed by atoms with Crippen LogP contribution in [0.5, 0.6) is 11.5 Å². The Labute approximate surface area is 313 Å². The number of methoxy groups -OCH3 is 2. The smallest absolute Gasteiger partial charge is 0.335 e. The van der Waals surface area contributed by atoms with Crippen LogP contribution in [0.3, 0.4) is 0 Å². The number of nitrogens with zero attached hydrogens (tertiary/aromatic N) is 2. The fourth-order valence-corrected chi connectivity index (χ4v) is 14.4. The van der Waals surface area contributed by atoms with Crippen LogP contribution in [-0.2, 0) is 34.6 Å². The molecule has 282 valence electrons. The zero-order valence-electron chi connectivity index (χ0n) is 31.0. The molecule has 10 aliphatic rings. The summed E-state index contributed by atoms with van der Waals surface area (Å²) in [5.41, 5.74) is 6.18. The van der Waals surface area contributed by atoms with Gasteiger partial charge < -0.3 is 39.8 Å². The van der Waals surface area contributed by atoms with Gasteiger partial charge in [0.2, 0.25) is 0 Å². The van der Waals surface area contributed by atoms with Crippen molar-refractivity contribution in [2.24, 2.45) is 10.8 Å². The number of phenolic OH excluding ortho intramolecular Hbond substituents is 1. The fraction of sp³-hybridized carbons (Fsp3) is 0.571. The third-order valence-corrected chi connectivity index (χ3v) is 16.3. The molecule has 2 spiro atoms. The Bertz CT molecular complexity index is 2200. The summed E-state index contributed by atoms with van der Waals surface area (Å²) in [6.07, 6.45) is 3.02. The minimum absolute atomic E-state index is 0.121. The highest BCUT2D eigenvalue weighted by molar-refractivity contribution is 5.94. The average Bonchev–Trinajstić information content (AvgIpc) is 3.52. The van der Waals surface area contributed by atoms with E-state index in [1.165, 1.54) is 19.8 Å². The van der Waals surface area contributed by atoms with Crippen LogP contribution in [0.4, 0.5) is 11.4 Å². The Kier molecular flexibility index (Phi) is 5.96. The normalized spacial score (nSPS) is 42.2. The number of esters is 2. The Morgan fingerprint density at radius 2 is 1.56 bits per heavy atom. The number of nitrogens with one attached hydrogen (secondary N) is 2. The maximum absolute atomic E-state index is 13.7. The van der Waals surface area contributed by atoms with Gasteiger partial charge in [-0.25, -0.2) is 9.59 Å². The molecular weight excluding hydrogens is 688 g/mol. The first-order valence-corrected chi connectivity index (χ1v) is 19.8. The molecule has 2 aromatic rings. The van der Waals surface area contributed by atoms with Gasteiger partial charge in [0.15, 0.2) is 0 Å².